The normalized spacial score (nSPS) is 12.3. The largest absolute Gasteiger partial charge is 0.473 e. The second kappa shape index (κ2) is 9.45. The van der Waals surface area contributed by atoms with E-state index < -0.39 is 30.1 Å². The number of rotatable bonds is 4. The zero-order valence-corrected chi connectivity index (χ0v) is 11.3. The van der Waals surface area contributed by atoms with Crippen molar-refractivity contribution in [1.82, 2.24) is 0 Å². The Morgan fingerprint density at radius 1 is 1.14 bits per heavy atom. The molecule has 0 radical (unpaired) electrons. The van der Waals surface area contributed by atoms with E-state index in [-0.39, 0.29) is 6.61 Å². The fourth-order valence-electron chi connectivity index (χ4n) is 1.02. The lowest BCUT2D eigenvalue weighted by atomic mass is 10.2. The van der Waals surface area contributed by atoms with E-state index in [9.17, 15) is 4.79 Å². The summed E-state index contributed by atoms with van der Waals surface area (Å²) in [7, 11) is 0. The maximum atomic E-state index is 11.3. The van der Waals surface area contributed by atoms with Crippen LogP contribution in [0.3, 0.4) is 0 Å². The topological polar surface area (TPSA) is 147 Å². The number of aliphatic hydroxyl groups is 1. The van der Waals surface area contributed by atoms with Crippen LogP contribution in [0.15, 0.2) is 30.3 Å². The number of carboxylic acid groups (broad SMARTS) is 2. The van der Waals surface area contributed by atoms with Crippen LogP contribution in [0.4, 0.5) is 0 Å². The van der Waals surface area contributed by atoms with Crippen molar-refractivity contribution < 1.29 is 34.4 Å². The first-order valence-corrected chi connectivity index (χ1v) is 5.86. The Labute approximate surface area is 120 Å². The summed E-state index contributed by atoms with van der Waals surface area (Å²) in [5.41, 5.74) is 6.29. The first kappa shape index (κ1) is 18.6. The third-order valence-corrected chi connectivity index (χ3v) is 2.20. The molecule has 5 N–H and O–H groups in total. The number of carboxylic acids is 2. The van der Waals surface area contributed by atoms with E-state index in [1.807, 2.05) is 30.3 Å². The maximum Gasteiger partial charge on any atom is 0.414 e. The molecule has 8 heteroatoms. The van der Waals surface area contributed by atoms with Crippen molar-refractivity contribution in [2.45, 2.75) is 25.7 Å². The van der Waals surface area contributed by atoms with Crippen LogP contribution in [-0.2, 0) is 25.7 Å². The summed E-state index contributed by atoms with van der Waals surface area (Å²) >= 11 is 0. The number of aliphatic carboxylic acids is 2. The SMILES string of the molecule is CC(O)[C@H](N)C(=O)OCc1ccccc1.O=C(O)C(=O)O. The summed E-state index contributed by atoms with van der Waals surface area (Å²) in [4.78, 5) is 29.4. The second-order valence-corrected chi connectivity index (χ2v) is 3.97. The van der Waals surface area contributed by atoms with Gasteiger partial charge in [0, 0.05) is 0 Å². The van der Waals surface area contributed by atoms with Gasteiger partial charge in [0.05, 0.1) is 6.10 Å². The Morgan fingerprint density at radius 3 is 2.00 bits per heavy atom. The standard InChI is InChI=1S/C11H15NO3.C2H2O4/c1-8(13)10(12)11(14)15-7-9-5-3-2-4-6-9;3-1(4)2(5)6/h2-6,8,10,13H,7,12H2,1H3;(H,3,4)(H,5,6)/t8?,10-;/m0./s1. The van der Waals surface area contributed by atoms with E-state index in [2.05, 4.69) is 0 Å². The molecule has 116 valence electrons. The van der Waals surface area contributed by atoms with Crippen LogP contribution in [0.5, 0.6) is 0 Å². The molecule has 0 amide bonds. The van der Waals surface area contributed by atoms with Crippen molar-refractivity contribution in [3.8, 4) is 0 Å². The van der Waals surface area contributed by atoms with E-state index in [0.717, 1.165) is 5.56 Å². The molecular weight excluding hydrogens is 282 g/mol. The van der Waals surface area contributed by atoms with Gasteiger partial charge >= 0.3 is 17.9 Å². The zero-order valence-electron chi connectivity index (χ0n) is 11.3. The number of carbonyl (C=O) groups excluding carboxylic acids is 1. The van der Waals surface area contributed by atoms with Gasteiger partial charge in [0.1, 0.15) is 12.6 Å². The summed E-state index contributed by atoms with van der Waals surface area (Å²) in [6.07, 6.45) is -0.895. The van der Waals surface area contributed by atoms with Gasteiger partial charge in [-0.3, -0.25) is 4.79 Å². The number of carbonyl (C=O) groups is 3. The van der Waals surface area contributed by atoms with Crippen LogP contribution in [0.2, 0.25) is 0 Å². The number of aliphatic hydroxyl groups excluding tert-OH is 1. The highest BCUT2D eigenvalue weighted by atomic mass is 16.5. The Bertz CT molecular complexity index is 461. The third kappa shape index (κ3) is 8.35. The lowest BCUT2D eigenvalue weighted by Gasteiger charge is -2.13. The van der Waals surface area contributed by atoms with Gasteiger partial charge in [-0.05, 0) is 12.5 Å². The van der Waals surface area contributed by atoms with Crippen LogP contribution >= 0.6 is 0 Å². The highest BCUT2D eigenvalue weighted by Crippen LogP contribution is 2.02. The molecule has 0 bridgehead atoms. The number of ether oxygens (including phenoxy) is 1. The molecule has 0 saturated heterocycles. The van der Waals surface area contributed by atoms with Crippen molar-refractivity contribution in [3.05, 3.63) is 35.9 Å². The molecular formula is C13H17NO7. The molecule has 21 heavy (non-hydrogen) atoms. The molecule has 0 aliphatic rings. The van der Waals surface area contributed by atoms with Crippen molar-refractivity contribution >= 4 is 17.9 Å². The van der Waals surface area contributed by atoms with E-state index in [0.29, 0.717) is 0 Å². The van der Waals surface area contributed by atoms with Crippen LogP contribution in [0, 0.1) is 0 Å². The predicted octanol–water partition coefficient (Wildman–Crippen LogP) is -0.407. The minimum Gasteiger partial charge on any atom is -0.473 e. The summed E-state index contributed by atoms with van der Waals surface area (Å²) in [5.74, 6) is -4.24. The van der Waals surface area contributed by atoms with Crippen LogP contribution in [-0.4, -0.2) is 45.4 Å². The van der Waals surface area contributed by atoms with Gasteiger partial charge in [-0.15, -0.1) is 0 Å². The Balaban J connectivity index is 0.000000567. The number of esters is 1. The second-order valence-electron chi connectivity index (χ2n) is 3.97. The van der Waals surface area contributed by atoms with Gasteiger partial charge in [0.15, 0.2) is 0 Å². The van der Waals surface area contributed by atoms with Crippen molar-refractivity contribution in [2.24, 2.45) is 5.73 Å². The summed E-state index contributed by atoms with van der Waals surface area (Å²) < 4.78 is 4.93. The molecule has 1 aromatic carbocycles. The zero-order chi connectivity index (χ0) is 16.4. The molecule has 0 aliphatic carbocycles. The van der Waals surface area contributed by atoms with Gasteiger partial charge in [-0.25, -0.2) is 9.59 Å². The number of benzene rings is 1. The van der Waals surface area contributed by atoms with Gasteiger partial charge in [-0.2, -0.15) is 0 Å². The van der Waals surface area contributed by atoms with Gasteiger partial charge in [-0.1, -0.05) is 30.3 Å². The van der Waals surface area contributed by atoms with E-state index in [1.165, 1.54) is 6.92 Å². The molecule has 0 spiro atoms. The smallest absolute Gasteiger partial charge is 0.414 e. The minimum atomic E-state index is -1.82. The summed E-state index contributed by atoms with van der Waals surface area (Å²) in [6, 6.07) is 8.32. The summed E-state index contributed by atoms with van der Waals surface area (Å²) in [6.45, 7) is 1.63. The van der Waals surface area contributed by atoms with Crippen LogP contribution in [0.1, 0.15) is 12.5 Å². The maximum absolute atomic E-state index is 11.3. The number of hydrogen-bond acceptors (Lipinski definition) is 6. The molecule has 8 nitrogen and oxygen atoms in total. The summed E-state index contributed by atoms with van der Waals surface area (Å²) in [5, 5.41) is 23.8. The van der Waals surface area contributed by atoms with E-state index in [4.69, 9.17) is 35.4 Å². The van der Waals surface area contributed by atoms with Crippen LogP contribution in [0.25, 0.3) is 0 Å². The molecule has 0 saturated carbocycles. The molecule has 0 aromatic heterocycles. The fourth-order valence-corrected chi connectivity index (χ4v) is 1.02. The van der Waals surface area contributed by atoms with Gasteiger partial charge in [0.2, 0.25) is 0 Å². The van der Waals surface area contributed by atoms with E-state index >= 15 is 0 Å². The molecule has 0 fully saturated rings. The number of nitrogens with two attached hydrogens (primary N) is 1. The quantitative estimate of drug-likeness (QED) is 0.433. The Morgan fingerprint density at radius 2 is 1.62 bits per heavy atom. The van der Waals surface area contributed by atoms with Gasteiger partial charge in [0.25, 0.3) is 0 Å². The first-order valence-electron chi connectivity index (χ1n) is 5.86. The molecule has 1 rings (SSSR count). The molecule has 0 heterocycles. The molecule has 1 unspecified atom stereocenters. The molecule has 1 aromatic rings. The third-order valence-electron chi connectivity index (χ3n) is 2.20. The lowest BCUT2D eigenvalue weighted by molar-refractivity contribution is -0.159. The Kier molecular flexibility index (Phi) is 8.35. The predicted molar refractivity (Wildman–Crippen MR) is 71.2 cm³/mol. The minimum absolute atomic E-state index is 0.181. The van der Waals surface area contributed by atoms with Crippen LogP contribution < -0.4 is 5.73 Å². The molecule has 2 atom stereocenters. The fraction of sp³-hybridized carbons (Fsp3) is 0.308. The lowest BCUT2D eigenvalue weighted by Crippen LogP contribution is -2.41. The van der Waals surface area contributed by atoms with Gasteiger partial charge < -0.3 is 25.8 Å². The highest BCUT2D eigenvalue weighted by molar-refractivity contribution is 6.27. The average molecular weight is 299 g/mol. The van der Waals surface area contributed by atoms with E-state index in [1.54, 1.807) is 0 Å². The van der Waals surface area contributed by atoms with Crippen molar-refractivity contribution in [2.75, 3.05) is 0 Å². The highest BCUT2D eigenvalue weighted by Gasteiger charge is 2.19. The number of hydrogen-bond donors (Lipinski definition) is 4. The van der Waals surface area contributed by atoms with Crippen molar-refractivity contribution in [1.29, 1.82) is 0 Å². The molecule has 0 aliphatic heterocycles. The Hall–Kier alpha value is -2.45. The van der Waals surface area contributed by atoms with Crippen molar-refractivity contribution in [3.63, 3.8) is 0 Å². The average Bonchev–Trinajstić information content (AvgIpc) is 2.45. The first-order chi connectivity index (χ1) is 9.75. The monoisotopic (exact) mass is 299 g/mol.